The Morgan fingerprint density at radius 1 is 1.19 bits per heavy atom. The summed E-state index contributed by atoms with van der Waals surface area (Å²) in [5, 5.41) is 4.95. The number of halogens is 1. The molecule has 2 aromatic rings. The molecule has 0 saturated heterocycles. The third kappa shape index (κ3) is 4.10. The van der Waals surface area contributed by atoms with E-state index in [-0.39, 0.29) is 25.4 Å². The Labute approximate surface area is 196 Å². The van der Waals surface area contributed by atoms with Crippen molar-refractivity contribution in [1.82, 2.24) is 9.88 Å². The molecule has 1 aromatic heterocycles. The molecule has 4 fully saturated rings. The van der Waals surface area contributed by atoms with E-state index in [9.17, 15) is 13.2 Å². The molecule has 0 radical (unpaired) electrons. The molecule has 1 aromatic carbocycles. The number of aryl methyl sites for hydroxylation is 1. The molecule has 6 rings (SSSR count). The molecule has 6 nitrogen and oxygen atoms in total. The molecular weight excluding hydrogens is 446 g/mol. The number of para-hydroxylation sites is 1. The van der Waals surface area contributed by atoms with Crippen LogP contribution in [0, 0.1) is 24.7 Å². The topological polar surface area (TPSA) is 80.5 Å². The predicted octanol–water partition coefficient (Wildman–Crippen LogP) is 5.39. The number of amides is 1. The third-order valence-corrected chi connectivity index (χ3v) is 8.37. The maximum atomic E-state index is 13.6. The fraction of sp³-hybridized carbons (Fsp3) is 0.625. The van der Waals surface area contributed by atoms with Gasteiger partial charge in [0.2, 0.25) is 0 Å². The molecule has 1 amide bonds. The minimum absolute atomic E-state index is 0. The van der Waals surface area contributed by atoms with E-state index < -0.39 is 10.5 Å². The van der Waals surface area contributed by atoms with Crippen molar-refractivity contribution in [3.8, 4) is 0 Å². The second-order valence-electron chi connectivity index (χ2n) is 9.82. The van der Waals surface area contributed by atoms with Gasteiger partial charge in [0.05, 0.1) is 22.6 Å². The van der Waals surface area contributed by atoms with Crippen molar-refractivity contribution in [3.63, 3.8) is 0 Å². The molecule has 1 heterocycles. The van der Waals surface area contributed by atoms with E-state index >= 15 is 0 Å². The van der Waals surface area contributed by atoms with Gasteiger partial charge in [-0.2, -0.15) is 12.8 Å². The van der Waals surface area contributed by atoms with E-state index in [1.807, 2.05) is 29.7 Å². The summed E-state index contributed by atoms with van der Waals surface area (Å²) in [7, 11) is -2.39. The Bertz CT molecular complexity index is 1140. The average Bonchev–Trinajstić information content (AvgIpc) is 2.96. The molecule has 1 N–H and O–H groups in total. The van der Waals surface area contributed by atoms with Crippen LogP contribution < -0.4 is 5.32 Å². The van der Waals surface area contributed by atoms with Gasteiger partial charge in [-0.3, -0.25) is 4.79 Å². The van der Waals surface area contributed by atoms with Gasteiger partial charge in [0.15, 0.2) is 0 Å². The molecule has 4 bridgehead atoms. The van der Waals surface area contributed by atoms with Crippen LogP contribution in [0.5, 0.6) is 0 Å². The van der Waals surface area contributed by atoms with Gasteiger partial charge < -0.3 is 9.88 Å². The lowest BCUT2D eigenvalue weighted by Crippen LogP contribution is -2.59. The molecule has 0 unspecified atom stereocenters. The normalized spacial score (nSPS) is 27.9. The van der Waals surface area contributed by atoms with Gasteiger partial charge in [-0.1, -0.05) is 31.2 Å². The maximum absolute atomic E-state index is 13.6. The van der Waals surface area contributed by atoms with Crippen LogP contribution in [-0.4, -0.2) is 31.0 Å². The van der Waals surface area contributed by atoms with Crippen LogP contribution in [0.4, 0.5) is 0 Å². The van der Waals surface area contributed by atoms with Crippen molar-refractivity contribution in [3.05, 3.63) is 34.5 Å². The second-order valence-corrected chi connectivity index (χ2v) is 10.9. The van der Waals surface area contributed by atoms with Crippen LogP contribution in [0.3, 0.4) is 0 Å². The summed E-state index contributed by atoms with van der Waals surface area (Å²) >= 11 is 6.54. The minimum Gasteiger partial charge on any atom is -0.346 e. The standard InChI is InChI=1S/C23H28ClN3O3S.CH4/c1-14-20(22(28)26-23-11-15-8-16(12-23)10-17(9-15)13-23)18-4-2-5-19(24)21(18)27(14)7-3-6-25-31(29)30;/h2,4-5,15-17H,3,6-13H2,1H3,(H,26,28);1H4. The number of hydrogen-bond donors (Lipinski definition) is 1. The Hall–Kier alpha value is -1.86. The molecule has 8 heteroatoms. The fourth-order valence-electron chi connectivity index (χ4n) is 6.99. The highest BCUT2D eigenvalue weighted by Gasteiger charge is 2.51. The number of nitrogens with one attached hydrogen (secondary N) is 1. The highest BCUT2D eigenvalue weighted by atomic mass is 35.5. The lowest BCUT2D eigenvalue weighted by atomic mass is 9.53. The minimum atomic E-state index is -2.39. The summed E-state index contributed by atoms with van der Waals surface area (Å²) in [6, 6.07) is 5.67. The lowest BCUT2D eigenvalue weighted by Gasteiger charge is -2.56. The maximum Gasteiger partial charge on any atom is 0.311 e. The predicted molar refractivity (Wildman–Crippen MR) is 128 cm³/mol. The van der Waals surface area contributed by atoms with E-state index in [0.717, 1.165) is 53.6 Å². The van der Waals surface area contributed by atoms with Gasteiger partial charge in [-0.15, -0.1) is 0 Å². The second kappa shape index (κ2) is 8.82. The van der Waals surface area contributed by atoms with Crippen molar-refractivity contribution in [2.24, 2.45) is 22.1 Å². The Kier molecular flexibility index (Phi) is 6.43. The van der Waals surface area contributed by atoms with Gasteiger partial charge in [0, 0.05) is 23.2 Å². The smallest absolute Gasteiger partial charge is 0.311 e. The van der Waals surface area contributed by atoms with Crippen molar-refractivity contribution >= 4 is 38.9 Å². The van der Waals surface area contributed by atoms with Gasteiger partial charge >= 0.3 is 10.5 Å². The first-order valence-electron chi connectivity index (χ1n) is 11.2. The molecule has 0 spiro atoms. The fourth-order valence-corrected chi connectivity index (χ4v) is 7.54. The zero-order chi connectivity index (χ0) is 21.8. The number of aromatic nitrogens is 1. The van der Waals surface area contributed by atoms with E-state index in [1.165, 1.54) is 19.3 Å². The van der Waals surface area contributed by atoms with Crippen molar-refractivity contribution in [2.75, 3.05) is 6.54 Å². The Morgan fingerprint density at radius 2 is 1.81 bits per heavy atom. The zero-order valence-corrected chi connectivity index (χ0v) is 19.3. The summed E-state index contributed by atoms with van der Waals surface area (Å²) < 4.78 is 26.9. The highest BCUT2D eigenvalue weighted by molar-refractivity contribution is 7.61. The van der Waals surface area contributed by atoms with Crippen LogP contribution in [0.1, 0.15) is 68.4 Å². The largest absolute Gasteiger partial charge is 0.346 e. The lowest BCUT2D eigenvalue weighted by molar-refractivity contribution is -0.0166. The third-order valence-electron chi connectivity index (χ3n) is 7.67. The number of benzene rings is 1. The number of fused-ring (bicyclic) bond motifs is 1. The number of carbonyl (C=O) groups excluding carboxylic acids is 1. The van der Waals surface area contributed by atoms with E-state index in [4.69, 9.17) is 11.6 Å². The van der Waals surface area contributed by atoms with E-state index in [1.54, 1.807) is 0 Å². The van der Waals surface area contributed by atoms with Crippen LogP contribution in [0.25, 0.3) is 10.9 Å². The molecule has 0 aliphatic heterocycles. The Balaban J connectivity index is 0.00000245. The first-order valence-corrected chi connectivity index (χ1v) is 12.6. The SMILES string of the molecule is C.Cc1c(C(=O)NC23CC4CC(CC(C4)C2)C3)c2cccc(Cl)c2n1CCCN=S(=O)=O. The quantitative estimate of drug-likeness (QED) is 0.566. The first-order chi connectivity index (χ1) is 14.8. The monoisotopic (exact) mass is 477 g/mol. The summed E-state index contributed by atoms with van der Waals surface area (Å²) in [6.45, 7) is 2.72. The van der Waals surface area contributed by atoms with Crippen LogP contribution in [-0.2, 0) is 17.0 Å². The number of rotatable bonds is 6. The van der Waals surface area contributed by atoms with Crippen LogP contribution in [0.15, 0.2) is 22.6 Å². The van der Waals surface area contributed by atoms with Crippen molar-refractivity contribution < 1.29 is 13.2 Å². The van der Waals surface area contributed by atoms with Crippen LogP contribution in [0.2, 0.25) is 5.02 Å². The van der Waals surface area contributed by atoms with Gasteiger partial charge in [-0.05, 0) is 75.7 Å². The summed E-state index contributed by atoms with van der Waals surface area (Å²) in [5.74, 6) is 2.28. The summed E-state index contributed by atoms with van der Waals surface area (Å²) in [6.07, 6.45) is 7.89. The molecule has 0 atom stereocenters. The van der Waals surface area contributed by atoms with Gasteiger partial charge in [0.25, 0.3) is 5.91 Å². The Morgan fingerprint density at radius 3 is 2.41 bits per heavy atom. The van der Waals surface area contributed by atoms with Crippen molar-refractivity contribution in [1.29, 1.82) is 0 Å². The van der Waals surface area contributed by atoms with Gasteiger partial charge in [-0.25, -0.2) is 0 Å². The molecule has 174 valence electrons. The molecule has 32 heavy (non-hydrogen) atoms. The molecule has 4 aliphatic rings. The molecular formula is C24H32ClN3O3S. The molecule has 4 aliphatic carbocycles. The summed E-state index contributed by atoms with van der Waals surface area (Å²) in [5.41, 5.74) is 2.34. The highest BCUT2D eigenvalue weighted by Crippen LogP contribution is 2.55. The average molecular weight is 478 g/mol. The number of nitrogens with zero attached hydrogens (tertiary/aromatic N) is 2. The zero-order valence-electron chi connectivity index (χ0n) is 17.7. The van der Waals surface area contributed by atoms with E-state index in [2.05, 4.69) is 9.68 Å². The van der Waals surface area contributed by atoms with Crippen LogP contribution >= 0.6 is 11.6 Å². The first kappa shape index (κ1) is 23.3. The van der Waals surface area contributed by atoms with Crippen molar-refractivity contribution in [2.45, 2.75) is 71.4 Å². The number of carbonyl (C=O) groups is 1. The summed E-state index contributed by atoms with van der Waals surface area (Å²) in [4.78, 5) is 13.6. The molecule has 4 saturated carbocycles. The van der Waals surface area contributed by atoms with E-state index in [0.29, 0.717) is 23.6 Å². The van der Waals surface area contributed by atoms with Gasteiger partial charge in [0.1, 0.15) is 0 Å². The number of hydrogen-bond acceptors (Lipinski definition) is 4.